The van der Waals surface area contributed by atoms with Crippen molar-refractivity contribution in [2.24, 2.45) is 0 Å². The molecule has 2 aliphatic heterocycles. The molecule has 3 aromatic rings. The van der Waals surface area contributed by atoms with E-state index in [0.29, 0.717) is 11.4 Å². The highest BCUT2D eigenvalue weighted by Gasteiger charge is 2.34. The van der Waals surface area contributed by atoms with Crippen LogP contribution in [0.2, 0.25) is 0 Å². The Balaban J connectivity index is 1.40. The summed E-state index contributed by atoms with van der Waals surface area (Å²) in [6, 6.07) is 15.3. The summed E-state index contributed by atoms with van der Waals surface area (Å²) >= 11 is 0. The first-order valence-corrected chi connectivity index (χ1v) is 12.8. The fourth-order valence-corrected chi connectivity index (χ4v) is 6.58. The van der Waals surface area contributed by atoms with Gasteiger partial charge in [-0.1, -0.05) is 18.2 Å². The van der Waals surface area contributed by atoms with Gasteiger partial charge in [0.05, 0.1) is 11.5 Å². The van der Waals surface area contributed by atoms with E-state index in [0.717, 1.165) is 48.4 Å². The van der Waals surface area contributed by atoms with Gasteiger partial charge in [-0.15, -0.1) is 0 Å². The van der Waals surface area contributed by atoms with Crippen molar-refractivity contribution in [2.75, 3.05) is 23.4 Å². The molecule has 1 saturated heterocycles. The van der Waals surface area contributed by atoms with Crippen LogP contribution in [0, 0.1) is 12.7 Å². The van der Waals surface area contributed by atoms with Crippen molar-refractivity contribution in [3.05, 3.63) is 77.2 Å². The zero-order valence-corrected chi connectivity index (χ0v) is 18.8. The Bertz CT molecular complexity index is 1280. The first kappa shape index (κ1) is 21.1. The lowest BCUT2D eigenvalue weighted by molar-refractivity contribution is 0.194. The maximum Gasteiger partial charge on any atom is 0.151 e. The molecule has 0 saturated carbocycles. The number of halogens is 1. The SMILES string of the molecule is Cc1ccc(Nc2cccc3c2CCN([C@H]2CCS(=O)(=O)C2)C3)cc1-c1ncccc1F. The summed E-state index contributed by atoms with van der Waals surface area (Å²) in [5.41, 5.74) is 6.50. The Labute approximate surface area is 188 Å². The molecule has 32 heavy (non-hydrogen) atoms. The number of nitrogens with zero attached hydrogens (tertiary/aromatic N) is 2. The van der Waals surface area contributed by atoms with Crippen molar-refractivity contribution in [2.45, 2.75) is 32.4 Å². The van der Waals surface area contributed by atoms with E-state index in [-0.39, 0.29) is 17.6 Å². The lowest BCUT2D eigenvalue weighted by Gasteiger charge is -2.34. The number of hydrogen-bond donors (Lipinski definition) is 1. The fraction of sp³-hybridized carbons (Fsp3) is 0.320. The molecule has 0 radical (unpaired) electrons. The molecule has 1 N–H and O–H groups in total. The maximum atomic E-state index is 14.3. The molecule has 5 rings (SSSR count). The fourth-order valence-electron chi connectivity index (χ4n) is 4.82. The van der Waals surface area contributed by atoms with E-state index in [1.165, 1.54) is 17.2 Å². The molecule has 2 aliphatic rings. The van der Waals surface area contributed by atoms with Gasteiger partial charge in [0.25, 0.3) is 0 Å². The minimum absolute atomic E-state index is 0.123. The Morgan fingerprint density at radius 1 is 1.16 bits per heavy atom. The highest BCUT2D eigenvalue weighted by atomic mass is 32.2. The Hall–Kier alpha value is -2.77. The molecule has 5 nitrogen and oxygen atoms in total. The highest BCUT2D eigenvalue weighted by molar-refractivity contribution is 7.91. The molecule has 1 atom stereocenters. The van der Waals surface area contributed by atoms with Gasteiger partial charge in [-0.05, 0) is 66.8 Å². The highest BCUT2D eigenvalue weighted by Crippen LogP contribution is 2.33. The number of benzene rings is 2. The Kier molecular flexibility index (Phi) is 5.47. The molecule has 7 heteroatoms. The molecular formula is C25H26FN3O2S. The van der Waals surface area contributed by atoms with Crippen molar-refractivity contribution < 1.29 is 12.8 Å². The predicted molar refractivity (Wildman–Crippen MR) is 125 cm³/mol. The maximum absolute atomic E-state index is 14.3. The van der Waals surface area contributed by atoms with Crippen LogP contribution in [0.25, 0.3) is 11.3 Å². The molecular weight excluding hydrogens is 425 g/mol. The Morgan fingerprint density at radius 3 is 2.81 bits per heavy atom. The van der Waals surface area contributed by atoms with Crippen molar-refractivity contribution in [3.8, 4) is 11.3 Å². The zero-order chi connectivity index (χ0) is 22.3. The molecule has 1 fully saturated rings. The zero-order valence-electron chi connectivity index (χ0n) is 18.0. The number of aryl methyl sites for hydroxylation is 1. The van der Waals surface area contributed by atoms with Crippen LogP contribution in [0.1, 0.15) is 23.1 Å². The van der Waals surface area contributed by atoms with E-state index < -0.39 is 9.84 Å². The summed E-state index contributed by atoms with van der Waals surface area (Å²) in [7, 11) is -2.89. The number of nitrogens with one attached hydrogen (secondary N) is 1. The molecule has 1 aromatic heterocycles. The number of fused-ring (bicyclic) bond motifs is 1. The quantitative estimate of drug-likeness (QED) is 0.634. The molecule has 0 aliphatic carbocycles. The summed E-state index contributed by atoms with van der Waals surface area (Å²) in [5.74, 6) is 0.241. The van der Waals surface area contributed by atoms with E-state index in [1.807, 2.05) is 31.2 Å². The summed E-state index contributed by atoms with van der Waals surface area (Å²) in [5, 5.41) is 3.52. The van der Waals surface area contributed by atoms with Crippen LogP contribution >= 0.6 is 0 Å². The lowest BCUT2D eigenvalue weighted by atomic mass is 9.96. The summed E-state index contributed by atoms with van der Waals surface area (Å²) < 4.78 is 38.1. The third kappa shape index (κ3) is 4.14. The summed E-state index contributed by atoms with van der Waals surface area (Å²) in [6.07, 6.45) is 3.20. The first-order valence-electron chi connectivity index (χ1n) is 10.9. The summed E-state index contributed by atoms with van der Waals surface area (Å²) in [6.45, 7) is 3.57. The van der Waals surface area contributed by atoms with Gasteiger partial charge in [0.2, 0.25) is 0 Å². The first-order chi connectivity index (χ1) is 15.4. The minimum Gasteiger partial charge on any atom is -0.355 e. The van der Waals surface area contributed by atoms with Crippen molar-refractivity contribution in [1.29, 1.82) is 0 Å². The number of anilines is 2. The normalized spacial score (nSPS) is 20.1. The van der Waals surface area contributed by atoms with Gasteiger partial charge in [-0.2, -0.15) is 0 Å². The van der Waals surface area contributed by atoms with Gasteiger partial charge in [0.15, 0.2) is 9.84 Å². The van der Waals surface area contributed by atoms with Gasteiger partial charge in [0.1, 0.15) is 11.5 Å². The second-order valence-corrected chi connectivity index (χ2v) is 10.9. The third-order valence-electron chi connectivity index (χ3n) is 6.55. The molecule has 3 heterocycles. The van der Waals surface area contributed by atoms with Crippen LogP contribution in [-0.4, -0.2) is 42.4 Å². The Morgan fingerprint density at radius 2 is 2.03 bits per heavy atom. The van der Waals surface area contributed by atoms with Crippen molar-refractivity contribution >= 4 is 21.2 Å². The van der Waals surface area contributed by atoms with Crippen LogP contribution in [0.5, 0.6) is 0 Å². The van der Waals surface area contributed by atoms with Gasteiger partial charge >= 0.3 is 0 Å². The minimum atomic E-state index is -2.89. The standard InChI is InChI=1S/C25H26FN3O2S/c1-17-7-8-19(14-22(17)25-23(26)5-3-11-27-25)28-24-6-2-4-18-15-29(12-9-21(18)24)20-10-13-32(30,31)16-20/h2-8,11,14,20,28H,9-10,12-13,15-16H2,1H3/t20-/m0/s1. The van der Waals surface area contributed by atoms with Crippen molar-refractivity contribution in [3.63, 3.8) is 0 Å². The number of pyridine rings is 1. The van der Waals surface area contributed by atoms with Gasteiger partial charge in [0, 0.05) is 42.3 Å². The molecule has 166 valence electrons. The largest absolute Gasteiger partial charge is 0.355 e. The van der Waals surface area contributed by atoms with E-state index in [9.17, 15) is 12.8 Å². The topological polar surface area (TPSA) is 62.3 Å². The number of hydrogen-bond acceptors (Lipinski definition) is 5. The molecule has 0 amide bonds. The average Bonchev–Trinajstić information content (AvgIpc) is 3.15. The van der Waals surface area contributed by atoms with Crippen LogP contribution in [0.4, 0.5) is 15.8 Å². The number of aromatic nitrogens is 1. The third-order valence-corrected chi connectivity index (χ3v) is 8.30. The van der Waals surface area contributed by atoms with Crippen LogP contribution in [0.3, 0.4) is 0 Å². The second-order valence-electron chi connectivity index (χ2n) is 8.71. The number of sulfone groups is 1. The summed E-state index contributed by atoms with van der Waals surface area (Å²) in [4.78, 5) is 6.54. The lowest BCUT2D eigenvalue weighted by Crippen LogP contribution is -2.40. The van der Waals surface area contributed by atoms with E-state index >= 15 is 0 Å². The number of rotatable bonds is 4. The van der Waals surface area contributed by atoms with Gasteiger partial charge in [-0.3, -0.25) is 9.88 Å². The molecule has 0 spiro atoms. The molecule has 0 unspecified atom stereocenters. The van der Waals surface area contributed by atoms with Crippen LogP contribution in [0.15, 0.2) is 54.7 Å². The van der Waals surface area contributed by atoms with E-state index in [1.54, 1.807) is 12.3 Å². The van der Waals surface area contributed by atoms with E-state index in [2.05, 4.69) is 27.3 Å². The monoisotopic (exact) mass is 451 g/mol. The van der Waals surface area contributed by atoms with E-state index in [4.69, 9.17) is 0 Å². The van der Waals surface area contributed by atoms with Crippen molar-refractivity contribution in [1.82, 2.24) is 9.88 Å². The molecule has 0 bridgehead atoms. The smallest absolute Gasteiger partial charge is 0.151 e. The molecule has 2 aromatic carbocycles. The van der Waals surface area contributed by atoms with Crippen LogP contribution < -0.4 is 5.32 Å². The average molecular weight is 452 g/mol. The van der Waals surface area contributed by atoms with Gasteiger partial charge in [-0.25, -0.2) is 12.8 Å². The van der Waals surface area contributed by atoms with Crippen LogP contribution in [-0.2, 0) is 22.8 Å². The van der Waals surface area contributed by atoms with Gasteiger partial charge < -0.3 is 5.32 Å². The second kappa shape index (κ2) is 8.30. The predicted octanol–water partition coefficient (Wildman–Crippen LogP) is 4.48.